The van der Waals surface area contributed by atoms with Gasteiger partial charge >= 0.3 is 0 Å². The van der Waals surface area contributed by atoms with Crippen LogP contribution in [0.25, 0.3) is 0 Å². The maximum Gasteiger partial charge on any atom is 0.238 e. The summed E-state index contributed by atoms with van der Waals surface area (Å²) in [7, 11) is 0. The molecule has 0 spiro atoms. The van der Waals surface area contributed by atoms with Gasteiger partial charge in [0.15, 0.2) is 0 Å². The number of carbonyl (C=O) groups excluding carboxylic acids is 1. The molecular formula is C15H18Cl2N2O. The minimum Gasteiger partial charge on any atom is -0.322 e. The van der Waals surface area contributed by atoms with E-state index in [0.29, 0.717) is 28.3 Å². The van der Waals surface area contributed by atoms with Crippen LogP contribution in [0.2, 0.25) is 10.0 Å². The molecule has 0 heterocycles. The Bertz CT molecular complexity index is 500. The molecule has 1 aromatic carbocycles. The van der Waals surface area contributed by atoms with Gasteiger partial charge in [0, 0.05) is 6.04 Å². The Morgan fingerprint density at radius 3 is 2.55 bits per heavy atom. The lowest BCUT2D eigenvalue weighted by molar-refractivity contribution is -0.115. The molecule has 3 unspecified atom stereocenters. The second-order valence-electron chi connectivity index (χ2n) is 5.81. The highest BCUT2D eigenvalue weighted by Crippen LogP contribution is 2.44. The third-order valence-electron chi connectivity index (χ3n) is 4.49. The average molecular weight is 313 g/mol. The molecule has 2 bridgehead atoms. The lowest BCUT2D eigenvalue weighted by Crippen LogP contribution is -2.39. The van der Waals surface area contributed by atoms with Gasteiger partial charge in [-0.2, -0.15) is 0 Å². The highest BCUT2D eigenvalue weighted by atomic mass is 35.5. The third kappa shape index (κ3) is 2.95. The minimum atomic E-state index is -0.0947. The highest BCUT2D eigenvalue weighted by Gasteiger charge is 2.39. The largest absolute Gasteiger partial charge is 0.322 e. The van der Waals surface area contributed by atoms with E-state index in [0.717, 1.165) is 11.8 Å². The van der Waals surface area contributed by atoms with E-state index in [4.69, 9.17) is 23.2 Å². The zero-order valence-corrected chi connectivity index (χ0v) is 12.7. The van der Waals surface area contributed by atoms with Gasteiger partial charge in [0.05, 0.1) is 22.3 Å². The molecule has 2 N–H and O–H groups in total. The average Bonchev–Trinajstić information content (AvgIpc) is 3.03. The van der Waals surface area contributed by atoms with Crippen molar-refractivity contribution >= 4 is 34.8 Å². The SMILES string of the molecule is O=C(CNC1CC2CCC1C2)Nc1c(Cl)cccc1Cl. The molecule has 0 radical (unpaired) electrons. The molecule has 2 aliphatic carbocycles. The highest BCUT2D eigenvalue weighted by molar-refractivity contribution is 6.39. The normalized spacial score (nSPS) is 27.8. The first-order valence-electron chi connectivity index (χ1n) is 7.10. The molecule has 2 fully saturated rings. The van der Waals surface area contributed by atoms with Crippen molar-refractivity contribution in [2.45, 2.75) is 31.7 Å². The van der Waals surface area contributed by atoms with Crippen LogP contribution in [0.1, 0.15) is 25.7 Å². The summed E-state index contributed by atoms with van der Waals surface area (Å²) in [6.45, 7) is 0.315. The monoisotopic (exact) mass is 312 g/mol. The fourth-order valence-electron chi connectivity index (χ4n) is 3.52. The number of anilines is 1. The molecule has 20 heavy (non-hydrogen) atoms. The van der Waals surface area contributed by atoms with Gasteiger partial charge in [-0.05, 0) is 43.2 Å². The maximum absolute atomic E-state index is 12.0. The number of amides is 1. The maximum atomic E-state index is 12.0. The molecule has 3 rings (SSSR count). The van der Waals surface area contributed by atoms with Gasteiger partial charge in [-0.1, -0.05) is 35.7 Å². The second kappa shape index (κ2) is 5.92. The number of fused-ring (bicyclic) bond motifs is 2. The first kappa shape index (κ1) is 14.2. The molecule has 1 amide bonds. The Kier molecular flexibility index (Phi) is 4.20. The topological polar surface area (TPSA) is 41.1 Å². The molecule has 2 aliphatic rings. The van der Waals surface area contributed by atoms with Gasteiger partial charge in [0.1, 0.15) is 0 Å². The number of hydrogen-bond acceptors (Lipinski definition) is 2. The minimum absolute atomic E-state index is 0.0947. The van der Waals surface area contributed by atoms with Gasteiger partial charge in [0.2, 0.25) is 5.91 Å². The van der Waals surface area contributed by atoms with Crippen LogP contribution < -0.4 is 10.6 Å². The standard InChI is InChI=1S/C15H18Cl2N2O/c16-11-2-1-3-12(17)15(11)19-14(20)8-18-13-7-9-4-5-10(13)6-9/h1-3,9-10,13,18H,4-8H2,(H,19,20). The fourth-order valence-corrected chi connectivity index (χ4v) is 4.01. The van der Waals surface area contributed by atoms with Crippen molar-refractivity contribution in [1.82, 2.24) is 5.32 Å². The van der Waals surface area contributed by atoms with E-state index in [9.17, 15) is 4.79 Å². The molecule has 1 aromatic rings. The van der Waals surface area contributed by atoms with Crippen LogP contribution in [0, 0.1) is 11.8 Å². The summed E-state index contributed by atoms with van der Waals surface area (Å²) in [5.74, 6) is 1.54. The van der Waals surface area contributed by atoms with Crippen LogP contribution in [0.5, 0.6) is 0 Å². The number of carbonyl (C=O) groups is 1. The molecule has 3 atom stereocenters. The fraction of sp³-hybridized carbons (Fsp3) is 0.533. The summed E-state index contributed by atoms with van der Waals surface area (Å²) in [5, 5.41) is 7.08. The van der Waals surface area contributed by atoms with E-state index < -0.39 is 0 Å². The van der Waals surface area contributed by atoms with Crippen molar-refractivity contribution < 1.29 is 4.79 Å². The Labute approximate surface area is 129 Å². The summed E-state index contributed by atoms with van der Waals surface area (Å²) < 4.78 is 0. The van der Waals surface area contributed by atoms with Crippen LogP contribution >= 0.6 is 23.2 Å². The van der Waals surface area contributed by atoms with Crippen molar-refractivity contribution in [3.05, 3.63) is 28.2 Å². The predicted octanol–water partition coefficient (Wildman–Crippen LogP) is 3.71. The lowest BCUT2D eigenvalue weighted by Gasteiger charge is -2.22. The number of para-hydroxylation sites is 1. The van der Waals surface area contributed by atoms with Crippen molar-refractivity contribution in [3.63, 3.8) is 0 Å². The first-order valence-corrected chi connectivity index (χ1v) is 7.86. The lowest BCUT2D eigenvalue weighted by atomic mass is 9.95. The molecule has 2 saturated carbocycles. The molecule has 3 nitrogen and oxygen atoms in total. The summed E-state index contributed by atoms with van der Waals surface area (Å²) in [4.78, 5) is 12.0. The van der Waals surface area contributed by atoms with Gasteiger partial charge in [0.25, 0.3) is 0 Å². The molecule has 0 aliphatic heterocycles. The zero-order valence-electron chi connectivity index (χ0n) is 11.2. The summed E-state index contributed by atoms with van der Waals surface area (Å²) in [6.07, 6.45) is 5.21. The third-order valence-corrected chi connectivity index (χ3v) is 5.12. The smallest absolute Gasteiger partial charge is 0.238 e. The Balaban J connectivity index is 1.53. The van der Waals surface area contributed by atoms with Crippen LogP contribution in [-0.4, -0.2) is 18.5 Å². The number of hydrogen-bond donors (Lipinski definition) is 2. The van der Waals surface area contributed by atoms with Crippen LogP contribution in [0.4, 0.5) is 5.69 Å². The van der Waals surface area contributed by atoms with Crippen LogP contribution in [0.15, 0.2) is 18.2 Å². The predicted molar refractivity (Wildman–Crippen MR) is 82.3 cm³/mol. The summed E-state index contributed by atoms with van der Waals surface area (Å²) in [5.41, 5.74) is 0.496. The quantitative estimate of drug-likeness (QED) is 0.890. The molecule has 5 heteroatoms. The zero-order chi connectivity index (χ0) is 14.1. The Hall–Kier alpha value is -0.770. The summed E-state index contributed by atoms with van der Waals surface area (Å²) in [6, 6.07) is 5.69. The van der Waals surface area contributed by atoms with E-state index in [1.807, 2.05) is 0 Å². The van der Waals surface area contributed by atoms with Crippen molar-refractivity contribution in [1.29, 1.82) is 0 Å². The Morgan fingerprint density at radius 2 is 1.95 bits per heavy atom. The molecular weight excluding hydrogens is 295 g/mol. The number of rotatable bonds is 4. The van der Waals surface area contributed by atoms with E-state index in [1.54, 1.807) is 18.2 Å². The van der Waals surface area contributed by atoms with Crippen LogP contribution in [0.3, 0.4) is 0 Å². The number of nitrogens with one attached hydrogen (secondary N) is 2. The number of halogens is 2. The van der Waals surface area contributed by atoms with E-state index in [-0.39, 0.29) is 5.91 Å². The summed E-state index contributed by atoms with van der Waals surface area (Å²) >= 11 is 12.1. The van der Waals surface area contributed by atoms with Crippen molar-refractivity contribution in [2.75, 3.05) is 11.9 Å². The molecule has 108 valence electrons. The van der Waals surface area contributed by atoms with Crippen LogP contribution in [-0.2, 0) is 4.79 Å². The molecule has 0 aromatic heterocycles. The van der Waals surface area contributed by atoms with Gasteiger partial charge in [-0.25, -0.2) is 0 Å². The van der Waals surface area contributed by atoms with Gasteiger partial charge < -0.3 is 10.6 Å². The second-order valence-corrected chi connectivity index (χ2v) is 6.62. The van der Waals surface area contributed by atoms with Gasteiger partial charge in [-0.15, -0.1) is 0 Å². The van der Waals surface area contributed by atoms with E-state index in [1.165, 1.54) is 25.7 Å². The van der Waals surface area contributed by atoms with E-state index in [2.05, 4.69) is 10.6 Å². The molecule has 0 saturated heterocycles. The van der Waals surface area contributed by atoms with Crippen molar-refractivity contribution in [2.24, 2.45) is 11.8 Å². The van der Waals surface area contributed by atoms with Gasteiger partial charge in [-0.3, -0.25) is 4.79 Å². The Morgan fingerprint density at radius 1 is 1.20 bits per heavy atom. The first-order chi connectivity index (χ1) is 9.63. The van der Waals surface area contributed by atoms with Crippen molar-refractivity contribution in [3.8, 4) is 0 Å². The number of benzene rings is 1. The van der Waals surface area contributed by atoms with E-state index >= 15 is 0 Å².